The topological polar surface area (TPSA) is 45.2 Å². The molecule has 1 aliphatic heterocycles. The fraction of sp³-hybridized carbons (Fsp3) is 0.600. The molecule has 4 heteroatoms. The molecule has 0 aromatic carbocycles. The number of amides is 1. The fourth-order valence-electron chi connectivity index (χ4n) is 3.80. The predicted octanol–water partition coefficient (Wildman–Crippen LogP) is 3.30. The van der Waals surface area contributed by atoms with Crippen molar-refractivity contribution in [2.45, 2.75) is 51.5 Å². The average Bonchev–Trinajstić information content (AvgIpc) is 3.13. The summed E-state index contributed by atoms with van der Waals surface area (Å²) in [4.78, 5) is 18.9. The molecule has 130 valence electrons. The number of carbonyl (C=O) groups is 1. The van der Waals surface area contributed by atoms with Crippen LogP contribution < -0.4 is 5.32 Å². The van der Waals surface area contributed by atoms with Gasteiger partial charge in [-0.2, -0.15) is 0 Å². The van der Waals surface area contributed by atoms with E-state index in [1.165, 1.54) is 31.3 Å². The second kappa shape index (κ2) is 8.97. The maximum absolute atomic E-state index is 12.1. The summed E-state index contributed by atoms with van der Waals surface area (Å²) in [6.07, 6.45) is 12.3. The molecule has 0 saturated heterocycles. The summed E-state index contributed by atoms with van der Waals surface area (Å²) < 4.78 is 0. The molecule has 1 N–H and O–H groups in total. The first-order valence-corrected chi connectivity index (χ1v) is 9.36. The Morgan fingerprint density at radius 1 is 1.29 bits per heavy atom. The Labute approximate surface area is 145 Å². The van der Waals surface area contributed by atoms with E-state index in [-0.39, 0.29) is 5.91 Å². The molecule has 0 bridgehead atoms. The SMILES string of the molecule is O=C(CCC1CCCC1)NCC1=CCCN(Cc2ccccn2)C1. The van der Waals surface area contributed by atoms with E-state index in [4.69, 9.17) is 0 Å². The van der Waals surface area contributed by atoms with Gasteiger partial charge in [0.15, 0.2) is 0 Å². The van der Waals surface area contributed by atoms with Gasteiger partial charge in [-0.1, -0.05) is 37.8 Å². The summed E-state index contributed by atoms with van der Waals surface area (Å²) >= 11 is 0. The first-order chi connectivity index (χ1) is 11.8. The highest BCUT2D eigenvalue weighted by Gasteiger charge is 2.17. The van der Waals surface area contributed by atoms with Crippen molar-refractivity contribution >= 4 is 5.91 Å². The highest BCUT2D eigenvalue weighted by Crippen LogP contribution is 2.28. The van der Waals surface area contributed by atoms with Crippen LogP contribution in [0.4, 0.5) is 0 Å². The van der Waals surface area contributed by atoms with Gasteiger partial charge in [-0.05, 0) is 36.5 Å². The van der Waals surface area contributed by atoms with Crippen molar-refractivity contribution in [3.05, 3.63) is 41.7 Å². The standard InChI is InChI=1S/C20H29N3O/c24-20(11-10-17-6-1-2-7-17)22-14-18-8-5-13-23(15-18)16-19-9-3-4-12-21-19/h3-4,8-9,12,17H,1-2,5-7,10-11,13-16H2,(H,22,24). The van der Waals surface area contributed by atoms with Crippen molar-refractivity contribution in [3.63, 3.8) is 0 Å². The van der Waals surface area contributed by atoms with E-state index < -0.39 is 0 Å². The van der Waals surface area contributed by atoms with Crippen LogP contribution in [0, 0.1) is 5.92 Å². The zero-order chi connectivity index (χ0) is 16.6. The molecule has 1 aromatic heterocycles. The Morgan fingerprint density at radius 3 is 2.96 bits per heavy atom. The van der Waals surface area contributed by atoms with Crippen LogP contribution >= 0.6 is 0 Å². The smallest absolute Gasteiger partial charge is 0.220 e. The van der Waals surface area contributed by atoms with Gasteiger partial charge in [0.1, 0.15) is 0 Å². The van der Waals surface area contributed by atoms with Crippen molar-refractivity contribution in [2.24, 2.45) is 5.92 Å². The van der Waals surface area contributed by atoms with Crippen LogP contribution in [0.15, 0.2) is 36.0 Å². The summed E-state index contributed by atoms with van der Waals surface area (Å²) in [5.41, 5.74) is 2.44. The quantitative estimate of drug-likeness (QED) is 0.782. The highest BCUT2D eigenvalue weighted by molar-refractivity contribution is 5.76. The Bertz CT molecular complexity index is 549. The second-order valence-electron chi connectivity index (χ2n) is 7.15. The summed E-state index contributed by atoms with van der Waals surface area (Å²) in [5, 5.41) is 3.11. The largest absolute Gasteiger partial charge is 0.352 e. The summed E-state index contributed by atoms with van der Waals surface area (Å²) in [7, 11) is 0. The van der Waals surface area contributed by atoms with E-state index in [1.807, 2.05) is 18.3 Å². The van der Waals surface area contributed by atoms with Crippen molar-refractivity contribution in [2.75, 3.05) is 19.6 Å². The third-order valence-electron chi connectivity index (χ3n) is 5.18. The van der Waals surface area contributed by atoms with E-state index in [1.54, 1.807) is 0 Å². The van der Waals surface area contributed by atoms with Crippen LogP contribution in [-0.2, 0) is 11.3 Å². The van der Waals surface area contributed by atoms with Gasteiger partial charge in [0.25, 0.3) is 0 Å². The van der Waals surface area contributed by atoms with E-state index >= 15 is 0 Å². The molecular formula is C20H29N3O. The van der Waals surface area contributed by atoms with Gasteiger partial charge in [0.05, 0.1) is 5.69 Å². The van der Waals surface area contributed by atoms with Crippen LogP contribution in [0.5, 0.6) is 0 Å². The Kier molecular flexibility index (Phi) is 6.41. The van der Waals surface area contributed by atoms with Gasteiger partial charge in [-0.15, -0.1) is 0 Å². The maximum atomic E-state index is 12.1. The first kappa shape index (κ1) is 17.2. The van der Waals surface area contributed by atoms with E-state index in [9.17, 15) is 4.79 Å². The number of hydrogen-bond donors (Lipinski definition) is 1. The lowest BCUT2D eigenvalue weighted by molar-refractivity contribution is -0.121. The molecule has 24 heavy (non-hydrogen) atoms. The van der Waals surface area contributed by atoms with Crippen LogP contribution in [0.25, 0.3) is 0 Å². The van der Waals surface area contributed by atoms with Gasteiger partial charge < -0.3 is 5.32 Å². The number of carbonyl (C=O) groups excluding carboxylic acids is 1. The molecule has 1 aromatic rings. The highest BCUT2D eigenvalue weighted by atomic mass is 16.1. The molecule has 0 atom stereocenters. The van der Waals surface area contributed by atoms with Crippen LogP contribution in [-0.4, -0.2) is 35.4 Å². The van der Waals surface area contributed by atoms with Gasteiger partial charge in [0.2, 0.25) is 5.91 Å². The zero-order valence-corrected chi connectivity index (χ0v) is 14.5. The van der Waals surface area contributed by atoms with Gasteiger partial charge in [-0.3, -0.25) is 14.7 Å². The van der Waals surface area contributed by atoms with Gasteiger partial charge in [-0.25, -0.2) is 0 Å². The van der Waals surface area contributed by atoms with Crippen LogP contribution in [0.3, 0.4) is 0 Å². The lowest BCUT2D eigenvalue weighted by Gasteiger charge is -2.27. The molecule has 4 nitrogen and oxygen atoms in total. The number of aromatic nitrogens is 1. The maximum Gasteiger partial charge on any atom is 0.220 e. The number of nitrogens with one attached hydrogen (secondary N) is 1. The minimum atomic E-state index is 0.213. The number of hydrogen-bond acceptors (Lipinski definition) is 3. The molecule has 2 aliphatic rings. The van der Waals surface area contributed by atoms with E-state index in [2.05, 4.69) is 27.3 Å². The predicted molar refractivity (Wildman–Crippen MR) is 96.4 cm³/mol. The lowest BCUT2D eigenvalue weighted by Crippen LogP contribution is -2.34. The third-order valence-corrected chi connectivity index (χ3v) is 5.18. The number of pyridine rings is 1. The molecular weight excluding hydrogens is 298 g/mol. The Hall–Kier alpha value is -1.68. The summed E-state index contributed by atoms with van der Waals surface area (Å²) in [6, 6.07) is 6.06. The minimum Gasteiger partial charge on any atom is -0.352 e. The molecule has 0 spiro atoms. The molecule has 0 radical (unpaired) electrons. The monoisotopic (exact) mass is 327 g/mol. The summed E-state index contributed by atoms with van der Waals surface area (Å²) in [6.45, 7) is 3.57. The van der Waals surface area contributed by atoms with Crippen molar-refractivity contribution in [1.29, 1.82) is 0 Å². The third kappa shape index (κ3) is 5.45. The number of nitrogens with zero attached hydrogens (tertiary/aromatic N) is 2. The molecule has 1 aliphatic carbocycles. The zero-order valence-electron chi connectivity index (χ0n) is 14.5. The van der Waals surface area contributed by atoms with Crippen molar-refractivity contribution < 1.29 is 4.79 Å². The molecule has 2 heterocycles. The van der Waals surface area contributed by atoms with Crippen LogP contribution in [0.1, 0.15) is 50.6 Å². The molecule has 1 saturated carbocycles. The van der Waals surface area contributed by atoms with Crippen LogP contribution in [0.2, 0.25) is 0 Å². The number of rotatable bonds is 7. The van der Waals surface area contributed by atoms with E-state index in [0.717, 1.165) is 44.1 Å². The summed E-state index contributed by atoms with van der Waals surface area (Å²) in [5.74, 6) is 1.00. The van der Waals surface area contributed by atoms with Crippen molar-refractivity contribution in [3.8, 4) is 0 Å². The fourth-order valence-corrected chi connectivity index (χ4v) is 3.80. The molecule has 0 unspecified atom stereocenters. The van der Waals surface area contributed by atoms with Crippen molar-refractivity contribution in [1.82, 2.24) is 15.2 Å². The molecule has 3 rings (SSSR count). The first-order valence-electron chi connectivity index (χ1n) is 9.36. The van der Waals surface area contributed by atoms with Gasteiger partial charge >= 0.3 is 0 Å². The Balaban J connectivity index is 1.37. The van der Waals surface area contributed by atoms with Gasteiger partial charge in [0, 0.05) is 38.8 Å². The normalized spacial score (nSPS) is 19.2. The average molecular weight is 327 g/mol. The Morgan fingerprint density at radius 2 is 2.17 bits per heavy atom. The second-order valence-corrected chi connectivity index (χ2v) is 7.15. The molecule has 1 fully saturated rings. The lowest BCUT2D eigenvalue weighted by atomic mass is 10.0. The van der Waals surface area contributed by atoms with E-state index in [0.29, 0.717) is 13.0 Å². The molecule has 1 amide bonds. The minimum absolute atomic E-state index is 0.213.